The van der Waals surface area contributed by atoms with Gasteiger partial charge in [0.1, 0.15) is 17.5 Å². The second kappa shape index (κ2) is 12.2. The Morgan fingerprint density at radius 3 is 2.47 bits per heavy atom. The second-order valence-corrected chi connectivity index (χ2v) is 11.7. The minimum absolute atomic E-state index is 0.0222. The molecule has 14 heteroatoms. The molecule has 234 valence electrons. The van der Waals surface area contributed by atoms with Gasteiger partial charge in [-0.15, -0.1) is 0 Å². The molecule has 2 aromatic heterocycles. The number of carbonyl (C=O) groups is 1. The van der Waals surface area contributed by atoms with E-state index in [4.69, 9.17) is 28.9 Å². The van der Waals surface area contributed by atoms with E-state index < -0.39 is 40.0 Å². The monoisotopic (exact) mass is 657 g/mol. The number of anilines is 3. The summed E-state index contributed by atoms with van der Waals surface area (Å²) in [6.07, 6.45) is 1.24. The normalized spacial score (nSPS) is 16.6. The van der Waals surface area contributed by atoms with E-state index in [-0.39, 0.29) is 33.9 Å². The summed E-state index contributed by atoms with van der Waals surface area (Å²) in [5, 5.41) is 21.3. The molecular formula is C31H28Cl2F3N7O2. The van der Waals surface area contributed by atoms with Gasteiger partial charge >= 0.3 is 0 Å². The number of fused-ring (bicyclic) bond motifs is 1. The van der Waals surface area contributed by atoms with Gasteiger partial charge in [0.25, 0.3) is 0 Å². The predicted octanol–water partition coefficient (Wildman–Crippen LogP) is 5.92. The van der Waals surface area contributed by atoms with Gasteiger partial charge in [0.2, 0.25) is 5.91 Å². The number of nitrogen functional groups attached to an aromatic ring is 1. The molecular weight excluding hydrogens is 630 g/mol. The summed E-state index contributed by atoms with van der Waals surface area (Å²) in [6, 6.07) is 5.30. The quantitative estimate of drug-likeness (QED) is 0.150. The lowest BCUT2D eigenvalue weighted by atomic mass is 9.94. The number of pyridine rings is 2. The molecule has 1 unspecified atom stereocenters. The summed E-state index contributed by atoms with van der Waals surface area (Å²) < 4.78 is 43.5. The van der Waals surface area contributed by atoms with Gasteiger partial charge in [0.05, 0.1) is 38.5 Å². The van der Waals surface area contributed by atoms with Gasteiger partial charge in [-0.3, -0.25) is 14.7 Å². The molecule has 0 spiro atoms. The van der Waals surface area contributed by atoms with E-state index in [2.05, 4.69) is 22.6 Å². The third kappa shape index (κ3) is 5.24. The van der Waals surface area contributed by atoms with E-state index >= 15 is 0 Å². The van der Waals surface area contributed by atoms with Crippen LogP contribution in [0.4, 0.5) is 30.4 Å². The van der Waals surface area contributed by atoms with Crippen LogP contribution in [0, 0.1) is 35.7 Å². The number of nitriles is 1. The number of halogens is 5. The fourth-order valence-corrected chi connectivity index (χ4v) is 6.19. The molecule has 1 saturated heterocycles. The van der Waals surface area contributed by atoms with Crippen molar-refractivity contribution < 1.29 is 23.1 Å². The number of carbonyl (C=O) groups excluding carboxylic acids is 1. The van der Waals surface area contributed by atoms with Crippen LogP contribution in [0.5, 0.6) is 0 Å². The zero-order valence-electron chi connectivity index (χ0n) is 24.5. The first-order valence-electron chi connectivity index (χ1n) is 13.9. The van der Waals surface area contributed by atoms with E-state index in [0.717, 1.165) is 0 Å². The van der Waals surface area contributed by atoms with E-state index in [1.807, 2.05) is 18.7 Å². The molecule has 1 fully saturated rings. The maximum absolute atomic E-state index is 14.7. The molecule has 4 heterocycles. The molecule has 1 atom stereocenters. The Morgan fingerprint density at radius 2 is 1.87 bits per heavy atom. The molecule has 1 aromatic carbocycles. The number of aliphatic hydroxyl groups excluding tert-OH is 1. The molecule has 45 heavy (non-hydrogen) atoms. The molecule has 2 aliphatic rings. The number of benzene rings is 1. The average Bonchev–Trinajstić information content (AvgIpc) is 3.02. The Kier molecular flexibility index (Phi) is 8.72. The largest absolute Gasteiger partial charge is 0.396 e. The van der Waals surface area contributed by atoms with Crippen molar-refractivity contribution in [3.05, 3.63) is 80.9 Å². The fraction of sp³-hybridized carbons (Fsp3) is 0.290. The number of piperazine rings is 1. The van der Waals surface area contributed by atoms with Crippen molar-refractivity contribution >= 4 is 52.0 Å². The summed E-state index contributed by atoms with van der Waals surface area (Å²) in [7, 11) is 0. The zero-order chi connectivity index (χ0) is 32.9. The van der Waals surface area contributed by atoms with Crippen LogP contribution in [-0.4, -0.2) is 63.2 Å². The van der Waals surface area contributed by atoms with Crippen molar-refractivity contribution in [1.82, 2.24) is 19.8 Å². The molecule has 0 aliphatic carbocycles. The highest BCUT2D eigenvalue weighted by Gasteiger charge is 2.40. The number of rotatable bonds is 5. The zero-order valence-corrected chi connectivity index (χ0v) is 26.0. The predicted molar refractivity (Wildman–Crippen MR) is 166 cm³/mol. The van der Waals surface area contributed by atoms with Crippen molar-refractivity contribution in [3.63, 3.8) is 0 Å². The number of aromatic nitrogens is 2. The van der Waals surface area contributed by atoms with Crippen LogP contribution in [0.15, 0.2) is 36.6 Å². The van der Waals surface area contributed by atoms with Gasteiger partial charge in [0, 0.05) is 43.5 Å². The maximum Gasteiger partial charge on any atom is 0.246 e. The second-order valence-electron chi connectivity index (χ2n) is 10.9. The molecule has 0 saturated carbocycles. The number of aliphatic hydroxyl groups is 1. The lowest BCUT2D eigenvalue weighted by Crippen LogP contribution is -2.49. The lowest BCUT2D eigenvalue weighted by molar-refractivity contribution is -0.127. The van der Waals surface area contributed by atoms with Crippen LogP contribution in [-0.2, 0) is 4.79 Å². The minimum atomic E-state index is -1.85. The highest BCUT2D eigenvalue weighted by Crippen LogP contribution is 2.49. The van der Waals surface area contributed by atoms with Gasteiger partial charge < -0.3 is 20.6 Å². The van der Waals surface area contributed by atoms with E-state index in [9.17, 15) is 28.3 Å². The van der Waals surface area contributed by atoms with Crippen LogP contribution in [0.1, 0.15) is 36.6 Å². The van der Waals surface area contributed by atoms with Crippen molar-refractivity contribution in [2.75, 3.05) is 36.8 Å². The lowest BCUT2D eigenvalue weighted by Gasteiger charge is -2.43. The first-order chi connectivity index (χ1) is 21.3. The number of aryl methyl sites for hydroxylation is 1. The molecule has 2 aliphatic heterocycles. The van der Waals surface area contributed by atoms with Gasteiger partial charge in [-0.25, -0.2) is 18.2 Å². The summed E-state index contributed by atoms with van der Waals surface area (Å²) in [5.74, 6) is -5.51. The highest BCUT2D eigenvalue weighted by atomic mass is 35.5. The first kappa shape index (κ1) is 32.1. The standard InChI is InChI=1S/C31H28Cl2F3N7O2/c1-5-19(44)41-8-10-42(11-9-41)29-16-12-18(32)27(20-21(33)22(34)23(35)24(36)25(20)38)40-30(16)43(31(45)17(29)13-37)28-15(4)6-7-39-26(28)14(2)3/h5-7,12,14,31,45H,1,8-11,38H2,2-4H3. The number of nitrogens with two attached hydrogens (primary N) is 1. The van der Waals surface area contributed by atoms with Crippen LogP contribution >= 0.6 is 23.2 Å². The minimum Gasteiger partial charge on any atom is -0.396 e. The van der Waals surface area contributed by atoms with Crippen molar-refractivity contribution in [2.45, 2.75) is 32.9 Å². The Morgan fingerprint density at radius 1 is 1.20 bits per heavy atom. The Labute approximate surface area is 267 Å². The van der Waals surface area contributed by atoms with Gasteiger partial charge in [-0.05, 0) is 36.6 Å². The average molecular weight is 659 g/mol. The maximum atomic E-state index is 14.7. The molecule has 5 rings (SSSR count). The summed E-state index contributed by atoms with van der Waals surface area (Å²) >= 11 is 12.9. The number of hydrogen-bond acceptors (Lipinski definition) is 8. The summed E-state index contributed by atoms with van der Waals surface area (Å²) in [6.45, 7) is 10.3. The number of nitrogens with zero attached hydrogens (tertiary/aromatic N) is 6. The fourth-order valence-electron chi connectivity index (χ4n) is 5.67. The third-order valence-corrected chi connectivity index (χ3v) is 8.53. The Hall–Kier alpha value is -4.31. The van der Waals surface area contributed by atoms with E-state index in [0.29, 0.717) is 54.4 Å². The SMILES string of the molecule is C=CC(=O)N1CCN(C2=C(C#N)C(O)N(c3c(C)ccnc3C(C)C)c3nc(-c4c(N)c(F)c(F)c(F)c4Cl)c(Cl)cc32)CC1. The number of hydrogen-bond donors (Lipinski definition) is 2. The van der Waals surface area contributed by atoms with Crippen LogP contribution < -0.4 is 10.6 Å². The summed E-state index contributed by atoms with van der Waals surface area (Å²) in [4.78, 5) is 26.3. The molecule has 9 nitrogen and oxygen atoms in total. The Bertz CT molecular complexity index is 1790. The highest BCUT2D eigenvalue weighted by molar-refractivity contribution is 6.37. The van der Waals surface area contributed by atoms with Gasteiger partial charge in [-0.1, -0.05) is 43.6 Å². The van der Waals surface area contributed by atoms with Gasteiger partial charge in [-0.2, -0.15) is 5.26 Å². The van der Waals surface area contributed by atoms with E-state index in [1.54, 1.807) is 24.1 Å². The van der Waals surface area contributed by atoms with Crippen LogP contribution in [0.3, 0.4) is 0 Å². The van der Waals surface area contributed by atoms with Crippen molar-refractivity contribution in [3.8, 4) is 17.3 Å². The molecule has 3 N–H and O–H groups in total. The van der Waals surface area contributed by atoms with Crippen molar-refractivity contribution in [1.29, 1.82) is 5.26 Å². The first-order valence-corrected chi connectivity index (χ1v) is 14.7. The van der Waals surface area contributed by atoms with Crippen LogP contribution in [0.2, 0.25) is 10.0 Å². The van der Waals surface area contributed by atoms with Gasteiger partial charge in [0.15, 0.2) is 23.7 Å². The van der Waals surface area contributed by atoms with Crippen molar-refractivity contribution in [2.24, 2.45) is 0 Å². The molecule has 0 bridgehead atoms. The topological polar surface area (TPSA) is 123 Å². The molecule has 3 aromatic rings. The third-order valence-electron chi connectivity index (χ3n) is 7.88. The summed E-state index contributed by atoms with van der Waals surface area (Å²) in [5.41, 5.74) is 6.64. The molecule has 1 amide bonds. The smallest absolute Gasteiger partial charge is 0.246 e. The number of amides is 1. The van der Waals surface area contributed by atoms with Crippen LogP contribution in [0.25, 0.3) is 17.0 Å². The molecule has 0 radical (unpaired) electrons. The van der Waals surface area contributed by atoms with E-state index in [1.165, 1.54) is 17.0 Å². The Balaban J connectivity index is 1.82.